The smallest absolute Gasteiger partial charge is 0.252 e. The van der Waals surface area contributed by atoms with Crippen LogP contribution in [-0.2, 0) is 16.2 Å². The number of methoxy groups -OCH3 is 2. The molecular weight excluding hydrogens is 496 g/mol. The number of ether oxygens (including phenoxy) is 3. The summed E-state index contributed by atoms with van der Waals surface area (Å²) < 4.78 is 16.2. The molecule has 7 rings (SSSR count). The highest BCUT2D eigenvalue weighted by Crippen LogP contribution is 2.24. The van der Waals surface area contributed by atoms with Crippen molar-refractivity contribution in [3.05, 3.63) is 97.1 Å². The number of phenols is 1. The number of hydrogen-bond acceptors (Lipinski definition) is 7. The van der Waals surface area contributed by atoms with Crippen LogP contribution in [0.2, 0.25) is 0 Å². The predicted molar refractivity (Wildman–Crippen MR) is 148 cm³/mol. The Hall–Kier alpha value is -4.80. The molecule has 0 saturated heterocycles. The van der Waals surface area contributed by atoms with E-state index in [0.717, 1.165) is 33.5 Å². The normalized spacial score (nSPS) is 11.0. The molecule has 0 aliphatic carbocycles. The van der Waals surface area contributed by atoms with Gasteiger partial charge in [0, 0.05) is 28.4 Å². The van der Waals surface area contributed by atoms with Gasteiger partial charge in [-0.2, -0.15) is 0 Å². The monoisotopic (exact) mass is 527 g/mol. The lowest BCUT2D eigenvalue weighted by atomic mass is 10.3. The zero-order valence-electron chi connectivity index (χ0n) is 22.3. The number of fused-ring (bicyclic) bond motifs is 6. The largest absolute Gasteiger partial charge is 0.506 e. The summed E-state index contributed by atoms with van der Waals surface area (Å²) in [4.78, 5) is 3.35. The number of rotatable bonds is 1. The van der Waals surface area contributed by atoms with Crippen molar-refractivity contribution in [1.29, 1.82) is 0 Å². The first-order valence-electron chi connectivity index (χ1n) is 12.1. The van der Waals surface area contributed by atoms with Crippen molar-refractivity contribution in [1.82, 2.24) is 24.9 Å². The van der Waals surface area contributed by atoms with E-state index in [0.29, 0.717) is 12.4 Å². The summed E-state index contributed by atoms with van der Waals surface area (Å²) in [6, 6.07) is 30.6. The van der Waals surface area contributed by atoms with E-state index < -0.39 is 0 Å². The third-order valence-electron chi connectivity index (χ3n) is 5.40. The molecule has 1 N–H and O–H groups in total. The van der Waals surface area contributed by atoms with E-state index in [2.05, 4.69) is 30.8 Å². The van der Waals surface area contributed by atoms with E-state index in [1.165, 1.54) is 4.80 Å². The second kappa shape index (κ2) is 13.1. The van der Waals surface area contributed by atoms with Gasteiger partial charge in [0.05, 0.1) is 5.10 Å². The lowest BCUT2D eigenvalue weighted by molar-refractivity contribution is -0.777. The molecule has 39 heavy (non-hydrogen) atoms. The average molecular weight is 528 g/mol. The Kier molecular flexibility index (Phi) is 9.17. The molecule has 0 bridgehead atoms. The van der Waals surface area contributed by atoms with Gasteiger partial charge in [0.15, 0.2) is 11.4 Å². The van der Waals surface area contributed by atoms with Gasteiger partial charge >= 0.3 is 0 Å². The van der Waals surface area contributed by atoms with E-state index in [9.17, 15) is 5.11 Å². The lowest BCUT2D eigenvalue weighted by Gasteiger charge is -2.14. The van der Waals surface area contributed by atoms with Gasteiger partial charge in [-0.25, -0.2) is 0 Å². The molecule has 200 valence electrons. The molecule has 2 aromatic heterocycles. The SMILES string of the molecule is COC.COC.Oc1ccccc1-n1nc2ccccc2n1.c1ccc2c(c1)OC[n+]1c3ccccc3nn1-2. The van der Waals surface area contributed by atoms with E-state index in [4.69, 9.17) is 4.74 Å². The molecule has 4 aromatic carbocycles. The fourth-order valence-electron chi connectivity index (χ4n) is 3.81. The fraction of sp³-hybridized carbons (Fsp3) is 0.172. The van der Waals surface area contributed by atoms with Gasteiger partial charge in [-0.05, 0) is 53.3 Å². The molecule has 0 atom stereocenters. The van der Waals surface area contributed by atoms with Crippen LogP contribution in [0.1, 0.15) is 0 Å². The van der Waals surface area contributed by atoms with Crippen molar-refractivity contribution >= 4 is 22.1 Å². The van der Waals surface area contributed by atoms with E-state index in [-0.39, 0.29) is 5.75 Å². The first kappa shape index (κ1) is 27.2. The summed E-state index contributed by atoms with van der Waals surface area (Å²) in [6.45, 7) is 0.498. The Morgan fingerprint density at radius 3 is 1.82 bits per heavy atom. The molecule has 0 unspecified atom stereocenters. The van der Waals surface area contributed by atoms with Gasteiger partial charge in [0.25, 0.3) is 6.73 Å². The molecule has 10 heteroatoms. The van der Waals surface area contributed by atoms with Crippen molar-refractivity contribution in [2.75, 3.05) is 28.4 Å². The number of hydrogen-bond donors (Lipinski definition) is 1. The second-order valence-electron chi connectivity index (χ2n) is 8.30. The van der Waals surface area contributed by atoms with Crippen LogP contribution < -0.4 is 9.42 Å². The van der Waals surface area contributed by atoms with E-state index >= 15 is 0 Å². The number of phenolic OH excluding ortho intramolecular Hbond substituents is 1. The maximum Gasteiger partial charge on any atom is 0.252 e. The molecule has 10 nitrogen and oxygen atoms in total. The molecule has 6 aromatic rings. The predicted octanol–water partition coefficient (Wildman–Crippen LogP) is 4.31. The van der Waals surface area contributed by atoms with Crippen LogP contribution in [0.5, 0.6) is 11.5 Å². The van der Waals surface area contributed by atoms with Crippen LogP contribution >= 0.6 is 0 Å². The van der Waals surface area contributed by atoms with Crippen LogP contribution in [0.3, 0.4) is 0 Å². The van der Waals surface area contributed by atoms with Crippen molar-refractivity contribution in [2.45, 2.75) is 6.73 Å². The first-order valence-corrected chi connectivity index (χ1v) is 12.1. The molecule has 0 radical (unpaired) electrons. The van der Waals surface area contributed by atoms with Crippen LogP contribution in [0.4, 0.5) is 0 Å². The topological polar surface area (TPSA) is 100 Å². The summed E-state index contributed by atoms with van der Waals surface area (Å²) in [6.07, 6.45) is 0. The fourth-order valence-corrected chi connectivity index (χ4v) is 3.81. The zero-order chi connectivity index (χ0) is 27.6. The molecule has 0 spiro atoms. The van der Waals surface area contributed by atoms with Gasteiger partial charge in [0.2, 0.25) is 11.0 Å². The highest BCUT2D eigenvalue weighted by Gasteiger charge is 2.26. The summed E-state index contributed by atoms with van der Waals surface area (Å²) in [5.74, 6) is 1.04. The zero-order valence-corrected chi connectivity index (χ0v) is 22.3. The summed E-state index contributed by atoms with van der Waals surface area (Å²) in [5.41, 5.74) is 5.25. The number of para-hydroxylation sites is 5. The standard InChI is InChI=1S/C13H10N3O.C12H9N3O.2C2H6O/c1-2-6-11-10(5-1)14-16-12-7-3-4-8-13(12)17-9-15(11)16;16-12-8-4-3-7-11(12)15-13-9-5-1-2-6-10(9)14-15;2*1-3-2/h1-8H,9H2;1-8,16H;2*1-2H3/q+1;;;. The molecule has 0 saturated carbocycles. The molecule has 1 aliphatic rings. The van der Waals surface area contributed by atoms with E-state index in [1.54, 1.807) is 46.6 Å². The Labute approximate surface area is 226 Å². The number of nitrogens with zero attached hydrogens (tertiary/aromatic N) is 6. The Morgan fingerprint density at radius 2 is 1.18 bits per heavy atom. The van der Waals surface area contributed by atoms with Crippen LogP contribution in [0.15, 0.2) is 97.1 Å². The molecule has 0 fully saturated rings. The number of aromatic hydroxyl groups is 1. The molecule has 0 amide bonds. The summed E-state index contributed by atoms with van der Waals surface area (Å²) in [5, 5.41) is 22.9. The van der Waals surface area contributed by atoms with Crippen LogP contribution in [0, 0.1) is 0 Å². The molecule has 1 aliphatic heterocycles. The number of aromatic nitrogens is 6. The maximum atomic E-state index is 9.69. The third kappa shape index (κ3) is 6.20. The van der Waals surface area contributed by atoms with Gasteiger partial charge in [-0.15, -0.1) is 19.7 Å². The lowest BCUT2D eigenvalue weighted by Crippen LogP contribution is -2.48. The Morgan fingerprint density at radius 1 is 0.667 bits per heavy atom. The maximum absolute atomic E-state index is 9.69. The third-order valence-corrected chi connectivity index (χ3v) is 5.40. The summed E-state index contributed by atoms with van der Waals surface area (Å²) >= 11 is 0. The van der Waals surface area contributed by atoms with Gasteiger partial charge in [0.1, 0.15) is 22.5 Å². The Balaban J connectivity index is 0.000000151. The van der Waals surface area contributed by atoms with Crippen LogP contribution in [0.25, 0.3) is 33.4 Å². The highest BCUT2D eigenvalue weighted by atomic mass is 16.5. The van der Waals surface area contributed by atoms with Gasteiger partial charge in [-0.1, -0.05) is 48.5 Å². The average Bonchev–Trinajstić information content (AvgIpc) is 3.56. The minimum atomic E-state index is 0.169. The van der Waals surface area contributed by atoms with Gasteiger partial charge < -0.3 is 19.3 Å². The van der Waals surface area contributed by atoms with Crippen molar-refractivity contribution < 1.29 is 24.0 Å². The van der Waals surface area contributed by atoms with Crippen molar-refractivity contribution in [3.63, 3.8) is 0 Å². The summed E-state index contributed by atoms with van der Waals surface area (Å²) in [7, 11) is 6.50. The van der Waals surface area contributed by atoms with Crippen molar-refractivity contribution in [3.8, 4) is 22.9 Å². The van der Waals surface area contributed by atoms with Crippen LogP contribution in [-0.4, -0.2) is 58.4 Å². The first-order chi connectivity index (χ1) is 19.1. The minimum Gasteiger partial charge on any atom is -0.506 e. The Bertz CT molecular complexity index is 1610. The highest BCUT2D eigenvalue weighted by molar-refractivity contribution is 5.73. The minimum absolute atomic E-state index is 0.169. The quantitative estimate of drug-likeness (QED) is 0.318. The van der Waals surface area contributed by atoms with E-state index in [1.807, 2.05) is 82.3 Å². The van der Waals surface area contributed by atoms with Crippen molar-refractivity contribution in [2.24, 2.45) is 0 Å². The second-order valence-corrected chi connectivity index (χ2v) is 8.30. The molecule has 3 heterocycles. The van der Waals surface area contributed by atoms with Gasteiger partial charge in [-0.3, -0.25) is 0 Å². The molecular formula is C29H31N6O4+. The number of benzene rings is 4.